The van der Waals surface area contributed by atoms with Gasteiger partial charge in [0.15, 0.2) is 0 Å². The molecule has 0 aliphatic heterocycles. The van der Waals surface area contributed by atoms with Gasteiger partial charge in [0, 0.05) is 13.1 Å². The molecular weight excluding hydrogens is 236 g/mol. The zero-order chi connectivity index (χ0) is 13.1. The number of rotatable bonds is 2. The van der Waals surface area contributed by atoms with Crippen LogP contribution in [0.2, 0.25) is 0 Å². The first-order chi connectivity index (χ1) is 8.59. The van der Waals surface area contributed by atoms with Gasteiger partial charge in [-0.3, -0.25) is 4.79 Å². The quantitative estimate of drug-likeness (QED) is 0.424. The number of nitrogens with zero attached hydrogens (tertiary/aromatic N) is 5. The maximum atomic E-state index is 11.7. The van der Waals surface area contributed by atoms with Gasteiger partial charge in [-0.1, -0.05) is 6.07 Å². The lowest BCUT2D eigenvalue weighted by Crippen LogP contribution is -2.39. The number of carbonyl (C=O) groups is 1. The standard InChI is InChI=1S/C10H10N6O2/c1-7(17)16(11)9-13-6-15(10(18)14-9)8-4-2-3-5-12-8/h2-6H,11H2,1H3. The van der Waals surface area contributed by atoms with E-state index in [1.165, 1.54) is 13.3 Å². The van der Waals surface area contributed by atoms with Crippen LogP contribution in [0.4, 0.5) is 5.95 Å². The maximum Gasteiger partial charge on any atom is 0.357 e. The van der Waals surface area contributed by atoms with Crippen molar-refractivity contribution in [2.75, 3.05) is 5.01 Å². The minimum Gasteiger partial charge on any atom is -0.273 e. The molecule has 2 rings (SSSR count). The van der Waals surface area contributed by atoms with Crippen molar-refractivity contribution in [2.24, 2.45) is 5.84 Å². The largest absolute Gasteiger partial charge is 0.357 e. The summed E-state index contributed by atoms with van der Waals surface area (Å²) >= 11 is 0. The minimum absolute atomic E-state index is 0.153. The molecule has 2 aromatic heterocycles. The van der Waals surface area contributed by atoms with Crippen LogP contribution in [0.5, 0.6) is 0 Å². The van der Waals surface area contributed by atoms with Gasteiger partial charge in [-0.15, -0.1) is 0 Å². The number of pyridine rings is 1. The van der Waals surface area contributed by atoms with E-state index in [2.05, 4.69) is 15.0 Å². The maximum absolute atomic E-state index is 11.7. The fraction of sp³-hybridized carbons (Fsp3) is 0.100. The number of hydrazine groups is 1. The predicted octanol–water partition coefficient (Wildman–Crippen LogP) is -0.751. The Bertz CT molecular complexity index is 624. The molecule has 0 bridgehead atoms. The third kappa shape index (κ3) is 2.23. The van der Waals surface area contributed by atoms with Gasteiger partial charge in [-0.2, -0.15) is 4.98 Å². The van der Waals surface area contributed by atoms with Crippen molar-refractivity contribution in [1.82, 2.24) is 19.5 Å². The summed E-state index contributed by atoms with van der Waals surface area (Å²) in [6, 6.07) is 5.09. The van der Waals surface area contributed by atoms with Crippen molar-refractivity contribution in [1.29, 1.82) is 0 Å². The third-order valence-corrected chi connectivity index (χ3v) is 2.14. The summed E-state index contributed by atoms with van der Waals surface area (Å²) < 4.78 is 1.15. The van der Waals surface area contributed by atoms with E-state index in [1.807, 2.05) is 0 Å². The molecule has 0 unspecified atom stereocenters. The van der Waals surface area contributed by atoms with E-state index in [9.17, 15) is 9.59 Å². The van der Waals surface area contributed by atoms with Crippen LogP contribution < -0.4 is 16.5 Å². The van der Waals surface area contributed by atoms with Crippen LogP contribution in [-0.2, 0) is 4.79 Å². The van der Waals surface area contributed by atoms with Crippen molar-refractivity contribution in [2.45, 2.75) is 6.92 Å². The van der Waals surface area contributed by atoms with E-state index in [1.54, 1.807) is 24.4 Å². The Morgan fingerprint density at radius 2 is 2.17 bits per heavy atom. The molecule has 2 N–H and O–H groups in total. The minimum atomic E-state index is -0.615. The Balaban J connectivity index is 2.44. The lowest BCUT2D eigenvalue weighted by molar-refractivity contribution is -0.116. The second kappa shape index (κ2) is 4.72. The molecule has 1 amide bonds. The summed E-state index contributed by atoms with van der Waals surface area (Å²) in [5.41, 5.74) is -0.615. The van der Waals surface area contributed by atoms with Gasteiger partial charge in [-0.05, 0) is 12.1 Å². The number of aromatic nitrogens is 4. The number of hydrogen-bond donors (Lipinski definition) is 1. The van der Waals surface area contributed by atoms with Gasteiger partial charge >= 0.3 is 5.69 Å². The van der Waals surface area contributed by atoms with Crippen molar-refractivity contribution >= 4 is 11.9 Å². The number of hydrogen-bond acceptors (Lipinski definition) is 6. The lowest BCUT2D eigenvalue weighted by atomic mass is 10.5. The van der Waals surface area contributed by atoms with Crippen LogP contribution in [0, 0.1) is 0 Å². The number of anilines is 1. The first-order valence-corrected chi connectivity index (χ1v) is 5.02. The molecule has 0 atom stereocenters. The Morgan fingerprint density at radius 3 is 2.72 bits per heavy atom. The van der Waals surface area contributed by atoms with Crippen molar-refractivity contribution in [3.05, 3.63) is 41.2 Å². The van der Waals surface area contributed by atoms with E-state index in [0.29, 0.717) is 10.8 Å². The summed E-state index contributed by atoms with van der Waals surface area (Å²) in [4.78, 5) is 34.2. The molecule has 0 spiro atoms. The van der Waals surface area contributed by atoms with Gasteiger partial charge in [0.1, 0.15) is 12.1 Å². The molecule has 0 aromatic carbocycles. The molecule has 0 fully saturated rings. The fourth-order valence-electron chi connectivity index (χ4n) is 1.24. The second-order valence-electron chi connectivity index (χ2n) is 3.39. The van der Waals surface area contributed by atoms with Crippen molar-refractivity contribution in [3.8, 4) is 5.82 Å². The molecule has 2 heterocycles. The van der Waals surface area contributed by atoms with E-state index < -0.39 is 11.6 Å². The zero-order valence-electron chi connectivity index (χ0n) is 9.52. The molecule has 0 saturated carbocycles. The number of nitrogens with two attached hydrogens (primary N) is 1. The van der Waals surface area contributed by atoms with Crippen molar-refractivity contribution in [3.63, 3.8) is 0 Å². The monoisotopic (exact) mass is 246 g/mol. The van der Waals surface area contributed by atoms with Crippen LogP contribution in [0.1, 0.15) is 6.92 Å². The summed E-state index contributed by atoms with van der Waals surface area (Å²) in [6.45, 7) is 1.24. The normalized spacial score (nSPS) is 10.1. The highest BCUT2D eigenvalue weighted by molar-refractivity contribution is 5.87. The summed E-state index contributed by atoms with van der Waals surface area (Å²) in [6.07, 6.45) is 2.76. The van der Waals surface area contributed by atoms with Crippen LogP contribution in [0.3, 0.4) is 0 Å². The lowest BCUT2D eigenvalue weighted by Gasteiger charge is -2.11. The molecule has 0 radical (unpaired) electrons. The third-order valence-electron chi connectivity index (χ3n) is 2.14. The highest BCUT2D eigenvalue weighted by atomic mass is 16.2. The van der Waals surface area contributed by atoms with E-state index in [0.717, 1.165) is 4.57 Å². The smallest absolute Gasteiger partial charge is 0.273 e. The van der Waals surface area contributed by atoms with Gasteiger partial charge in [-0.25, -0.2) is 30.2 Å². The molecule has 0 aliphatic carbocycles. The predicted molar refractivity (Wildman–Crippen MR) is 62.8 cm³/mol. The molecule has 18 heavy (non-hydrogen) atoms. The average Bonchev–Trinajstić information content (AvgIpc) is 2.38. The van der Waals surface area contributed by atoms with Gasteiger partial charge in [0.25, 0.3) is 5.95 Å². The van der Waals surface area contributed by atoms with Crippen molar-refractivity contribution < 1.29 is 4.79 Å². The number of amides is 1. The molecule has 92 valence electrons. The summed E-state index contributed by atoms with van der Waals surface area (Å²) in [5, 5.41) is 0.699. The van der Waals surface area contributed by atoms with E-state index >= 15 is 0 Å². The Labute approximate surface area is 102 Å². The summed E-state index contributed by atoms with van der Waals surface area (Å²) in [5.74, 6) is 5.16. The molecule has 2 aromatic rings. The topological polar surface area (TPSA) is 107 Å². The van der Waals surface area contributed by atoms with Gasteiger partial charge in [0.05, 0.1) is 0 Å². The SMILES string of the molecule is CC(=O)N(N)c1ncn(-c2ccccn2)c(=O)n1. The number of carbonyl (C=O) groups excluding carboxylic acids is 1. The van der Waals surface area contributed by atoms with Crippen LogP contribution in [0.25, 0.3) is 5.82 Å². The highest BCUT2D eigenvalue weighted by Gasteiger charge is 2.11. The van der Waals surface area contributed by atoms with Gasteiger partial charge < -0.3 is 0 Å². The van der Waals surface area contributed by atoms with Gasteiger partial charge in [0.2, 0.25) is 5.91 Å². The zero-order valence-corrected chi connectivity index (χ0v) is 9.52. The fourth-order valence-corrected chi connectivity index (χ4v) is 1.24. The molecule has 8 heteroatoms. The average molecular weight is 246 g/mol. The highest BCUT2D eigenvalue weighted by Crippen LogP contribution is 2.01. The van der Waals surface area contributed by atoms with Crippen LogP contribution in [-0.4, -0.2) is 25.4 Å². The van der Waals surface area contributed by atoms with E-state index in [4.69, 9.17) is 5.84 Å². The first kappa shape index (κ1) is 11.9. The molecule has 0 aliphatic rings. The Kier molecular flexibility index (Phi) is 3.11. The molecule has 8 nitrogen and oxygen atoms in total. The first-order valence-electron chi connectivity index (χ1n) is 5.02. The van der Waals surface area contributed by atoms with E-state index in [-0.39, 0.29) is 5.95 Å². The van der Waals surface area contributed by atoms with Crippen LogP contribution in [0.15, 0.2) is 35.5 Å². The molecule has 0 saturated heterocycles. The second-order valence-corrected chi connectivity index (χ2v) is 3.39. The summed E-state index contributed by atoms with van der Waals surface area (Å²) in [7, 11) is 0. The Hall–Kier alpha value is -2.61. The molecular formula is C10H10N6O2. The van der Waals surface area contributed by atoms with Crippen LogP contribution >= 0.6 is 0 Å². The Morgan fingerprint density at radius 1 is 1.39 bits per heavy atom.